The number of thioether (sulfide) groups is 1. The highest BCUT2D eigenvalue weighted by Crippen LogP contribution is 2.34. The Morgan fingerprint density at radius 3 is 2.82 bits per heavy atom. The number of hydrogen-bond donors (Lipinski definition) is 2. The Hall–Kier alpha value is 0.310. The fraction of sp³-hybridized carbons (Fsp3) is 0.909. The van der Waals surface area contributed by atoms with Gasteiger partial charge in [-0.05, 0) is 25.5 Å². The van der Waals surface area contributed by atoms with Gasteiger partial charge in [0.1, 0.15) is 0 Å². The van der Waals surface area contributed by atoms with E-state index in [0.29, 0.717) is 18.2 Å². The molecule has 0 saturated carbocycles. The lowest BCUT2D eigenvalue weighted by Gasteiger charge is -2.22. The molecule has 2 heterocycles. The fourth-order valence-electron chi connectivity index (χ4n) is 2.43. The first kappa shape index (κ1) is 15.4. The van der Waals surface area contributed by atoms with Gasteiger partial charge < -0.3 is 15.4 Å². The molecule has 3 atom stereocenters. The lowest BCUT2D eigenvalue weighted by Crippen LogP contribution is -2.47. The molecule has 0 amide bonds. The van der Waals surface area contributed by atoms with Gasteiger partial charge in [0.25, 0.3) is 0 Å². The minimum Gasteiger partial charge on any atom is -0.373 e. The highest BCUT2D eigenvalue weighted by molar-refractivity contribution is 14.0. The molecule has 0 aromatic carbocycles. The molecule has 2 aliphatic rings. The van der Waals surface area contributed by atoms with Gasteiger partial charge in [-0.25, -0.2) is 0 Å². The second kappa shape index (κ2) is 7.68. The molecule has 2 aliphatic heterocycles. The maximum Gasteiger partial charge on any atom is 0.191 e. The molecule has 100 valence electrons. The van der Waals surface area contributed by atoms with Crippen LogP contribution in [0.1, 0.15) is 19.3 Å². The molecule has 2 N–H and O–H groups in total. The van der Waals surface area contributed by atoms with Crippen molar-refractivity contribution < 1.29 is 4.74 Å². The van der Waals surface area contributed by atoms with Gasteiger partial charge in [-0.3, -0.25) is 4.99 Å². The minimum absolute atomic E-state index is 0. The number of nitrogens with one attached hydrogen (secondary N) is 2. The van der Waals surface area contributed by atoms with E-state index in [2.05, 4.69) is 21.9 Å². The standard InChI is InChI=1S/C11H21N3OS.HI/c1-12-11(13-5-6-16-2)14-9-7-8-3-4-10(9)15-8;/h8-10H,3-7H2,1-2H3,(H2,12,13,14);1H. The van der Waals surface area contributed by atoms with E-state index in [0.717, 1.165) is 24.7 Å². The number of nitrogens with zero attached hydrogens (tertiary/aromatic N) is 1. The summed E-state index contributed by atoms with van der Waals surface area (Å²) in [6.07, 6.45) is 6.58. The molecule has 3 unspecified atom stereocenters. The van der Waals surface area contributed by atoms with Gasteiger partial charge in [-0.1, -0.05) is 0 Å². The van der Waals surface area contributed by atoms with E-state index in [-0.39, 0.29) is 24.0 Å². The van der Waals surface area contributed by atoms with Gasteiger partial charge in [0.15, 0.2) is 5.96 Å². The van der Waals surface area contributed by atoms with E-state index in [1.54, 1.807) is 0 Å². The lowest BCUT2D eigenvalue weighted by molar-refractivity contribution is 0.0992. The van der Waals surface area contributed by atoms with Crippen molar-refractivity contribution in [2.75, 3.05) is 25.6 Å². The summed E-state index contributed by atoms with van der Waals surface area (Å²) in [6.45, 7) is 0.961. The Kier molecular flexibility index (Phi) is 6.94. The number of rotatable bonds is 4. The van der Waals surface area contributed by atoms with Gasteiger partial charge in [0, 0.05) is 19.3 Å². The second-order valence-electron chi connectivity index (χ2n) is 4.35. The molecule has 2 fully saturated rings. The van der Waals surface area contributed by atoms with Crippen LogP contribution in [-0.4, -0.2) is 49.8 Å². The van der Waals surface area contributed by atoms with Crippen molar-refractivity contribution in [3.8, 4) is 0 Å². The molecule has 0 aliphatic carbocycles. The average molecular weight is 371 g/mol. The predicted molar refractivity (Wildman–Crippen MR) is 84.6 cm³/mol. The van der Waals surface area contributed by atoms with Gasteiger partial charge in [0.2, 0.25) is 0 Å². The maximum atomic E-state index is 5.81. The zero-order chi connectivity index (χ0) is 11.4. The van der Waals surface area contributed by atoms with Crippen molar-refractivity contribution in [2.45, 2.75) is 37.5 Å². The van der Waals surface area contributed by atoms with Crippen LogP contribution in [0.25, 0.3) is 0 Å². The number of ether oxygens (including phenoxy) is 1. The first-order valence-electron chi connectivity index (χ1n) is 5.95. The van der Waals surface area contributed by atoms with Gasteiger partial charge in [-0.15, -0.1) is 24.0 Å². The summed E-state index contributed by atoms with van der Waals surface area (Å²) in [5, 5.41) is 6.78. The molecule has 2 saturated heterocycles. The highest BCUT2D eigenvalue weighted by atomic mass is 127. The van der Waals surface area contributed by atoms with Crippen LogP contribution in [0, 0.1) is 0 Å². The van der Waals surface area contributed by atoms with E-state index in [9.17, 15) is 0 Å². The molecule has 0 spiro atoms. The number of hydrogen-bond acceptors (Lipinski definition) is 3. The molecular formula is C11H22IN3OS. The van der Waals surface area contributed by atoms with Gasteiger partial charge in [0.05, 0.1) is 18.2 Å². The monoisotopic (exact) mass is 371 g/mol. The third-order valence-corrected chi connectivity index (χ3v) is 3.86. The zero-order valence-corrected chi connectivity index (χ0v) is 13.6. The first-order valence-corrected chi connectivity index (χ1v) is 7.34. The topological polar surface area (TPSA) is 45.7 Å². The van der Waals surface area contributed by atoms with Crippen LogP contribution in [0.3, 0.4) is 0 Å². The van der Waals surface area contributed by atoms with Crippen LogP contribution in [0.4, 0.5) is 0 Å². The van der Waals surface area contributed by atoms with Crippen molar-refractivity contribution in [3.05, 3.63) is 0 Å². The Labute approximate surface area is 125 Å². The predicted octanol–water partition coefficient (Wildman–Crippen LogP) is 1.45. The molecule has 0 radical (unpaired) electrons. The van der Waals surface area contributed by atoms with Crippen LogP contribution in [0.5, 0.6) is 0 Å². The molecule has 2 bridgehead atoms. The molecular weight excluding hydrogens is 349 g/mol. The Morgan fingerprint density at radius 2 is 2.29 bits per heavy atom. The van der Waals surface area contributed by atoms with E-state index in [4.69, 9.17) is 4.74 Å². The Morgan fingerprint density at radius 1 is 1.47 bits per heavy atom. The van der Waals surface area contributed by atoms with Crippen molar-refractivity contribution in [2.24, 2.45) is 4.99 Å². The van der Waals surface area contributed by atoms with E-state index in [1.165, 1.54) is 12.8 Å². The van der Waals surface area contributed by atoms with Crippen LogP contribution in [0.2, 0.25) is 0 Å². The number of fused-ring (bicyclic) bond motifs is 2. The second-order valence-corrected chi connectivity index (χ2v) is 5.34. The smallest absolute Gasteiger partial charge is 0.191 e. The average Bonchev–Trinajstić information content (AvgIpc) is 2.89. The van der Waals surface area contributed by atoms with E-state index in [1.807, 2.05) is 18.8 Å². The van der Waals surface area contributed by atoms with Crippen LogP contribution in [0.15, 0.2) is 4.99 Å². The fourth-order valence-corrected chi connectivity index (χ4v) is 2.74. The number of guanidine groups is 1. The van der Waals surface area contributed by atoms with Crippen molar-refractivity contribution >= 4 is 41.7 Å². The Balaban J connectivity index is 0.00000144. The van der Waals surface area contributed by atoms with Crippen LogP contribution < -0.4 is 10.6 Å². The summed E-state index contributed by atoms with van der Waals surface area (Å²) in [5.41, 5.74) is 0. The van der Waals surface area contributed by atoms with Gasteiger partial charge >= 0.3 is 0 Å². The third kappa shape index (κ3) is 4.17. The van der Waals surface area contributed by atoms with Crippen molar-refractivity contribution in [1.82, 2.24) is 10.6 Å². The molecule has 0 aromatic rings. The molecule has 2 rings (SSSR count). The lowest BCUT2D eigenvalue weighted by atomic mass is 9.96. The summed E-state index contributed by atoms with van der Waals surface area (Å²) in [6, 6.07) is 0.458. The molecule has 6 heteroatoms. The van der Waals surface area contributed by atoms with Crippen LogP contribution >= 0.6 is 35.7 Å². The quantitative estimate of drug-likeness (QED) is 0.340. The largest absolute Gasteiger partial charge is 0.373 e. The van der Waals surface area contributed by atoms with E-state index < -0.39 is 0 Å². The molecule has 17 heavy (non-hydrogen) atoms. The van der Waals surface area contributed by atoms with E-state index >= 15 is 0 Å². The molecule has 4 nitrogen and oxygen atoms in total. The zero-order valence-electron chi connectivity index (χ0n) is 10.4. The van der Waals surface area contributed by atoms with Crippen molar-refractivity contribution in [1.29, 1.82) is 0 Å². The number of aliphatic imine (C=N–C) groups is 1. The Bertz CT molecular complexity index is 265. The summed E-state index contributed by atoms with van der Waals surface area (Å²) in [4.78, 5) is 4.24. The maximum absolute atomic E-state index is 5.81. The SMILES string of the molecule is CN=C(NCCSC)NC1CC2CCC1O2.I. The highest BCUT2D eigenvalue weighted by Gasteiger charge is 2.40. The van der Waals surface area contributed by atoms with Crippen molar-refractivity contribution in [3.63, 3.8) is 0 Å². The minimum atomic E-state index is 0. The first-order chi connectivity index (χ1) is 7.83. The summed E-state index contributed by atoms with van der Waals surface area (Å²) < 4.78 is 5.81. The summed E-state index contributed by atoms with van der Waals surface area (Å²) in [5.74, 6) is 2.02. The summed E-state index contributed by atoms with van der Waals surface area (Å²) >= 11 is 1.84. The normalized spacial score (nSPS) is 31.2. The van der Waals surface area contributed by atoms with Gasteiger partial charge in [-0.2, -0.15) is 11.8 Å². The van der Waals surface area contributed by atoms with Crippen LogP contribution in [-0.2, 0) is 4.74 Å². The number of halogens is 1. The molecule has 0 aromatic heterocycles. The summed E-state index contributed by atoms with van der Waals surface area (Å²) in [7, 11) is 1.82. The third-order valence-electron chi connectivity index (χ3n) is 3.25.